The van der Waals surface area contributed by atoms with E-state index in [1.165, 1.54) is 10.6 Å². The van der Waals surface area contributed by atoms with Crippen molar-refractivity contribution in [3.63, 3.8) is 0 Å². The van der Waals surface area contributed by atoms with Gasteiger partial charge in [-0.25, -0.2) is 8.42 Å². The van der Waals surface area contributed by atoms with E-state index in [-0.39, 0.29) is 17.5 Å². The minimum Gasteiger partial charge on any atom is -0.490 e. The molecule has 1 saturated heterocycles. The zero-order valence-electron chi connectivity index (χ0n) is 15.2. The Morgan fingerprint density at radius 3 is 2.72 bits per heavy atom. The molecule has 6 nitrogen and oxygen atoms in total. The van der Waals surface area contributed by atoms with Crippen LogP contribution >= 0.6 is 11.8 Å². The zero-order chi connectivity index (χ0) is 18.7. The molecule has 1 aliphatic heterocycles. The number of rotatable bonds is 7. The molecule has 1 fully saturated rings. The predicted molar refractivity (Wildman–Crippen MR) is 102 cm³/mol. The lowest BCUT2D eigenvalue weighted by molar-refractivity contribution is 0.0993. The highest BCUT2D eigenvalue weighted by atomic mass is 32.2. The molecule has 0 bridgehead atoms. The lowest BCUT2D eigenvalue weighted by Gasteiger charge is -2.25. The van der Waals surface area contributed by atoms with Crippen molar-refractivity contribution >= 4 is 21.8 Å². The van der Waals surface area contributed by atoms with Crippen molar-refractivity contribution in [2.24, 2.45) is 0 Å². The third-order valence-electron chi connectivity index (χ3n) is 3.76. The van der Waals surface area contributed by atoms with Crippen LogP contribution < -0.4 is 10.1 Å². The van der Waals surface area contributed by atoms with Crippen molar-refractivity contribution in [1.29, 1.82) is 0 Å². The Bertz CT molecular complexity index is 673. The molecule has 0 aromatic heterocycles. The van der Waals surface area contributed by atoms with Crippen LogP contribution in [-0.2, 0) is 10.0 Å². The SMILES string of the molecule is CC(C)(C)NCC(O)COc1ccccc1C1SCCN1S(C)(=O)=O. The van der Waals surface area contributed by atoms with E-state index in [1.54, 1.807) is 11.8 Å². The van der Waals surface area contributed by atoms with Gasteiger partial charge in [-0.1, -0.05) is 18.2 Å². The van der Waals surface area contributed by atoms with Crippen molar-refractivity contribution in [2.75, 3.05) is 31.7 Å². The fourth-order valence-electron chi connectivity index (χ4n) is 2.52. The maximum Gasteiger partial charge on any atom is 0.212 e. The number of aliphatic hydroxyl groups is 1. The summed E-state index contributed by atoms with van der Waals surface area (Å²) in [6.45, 7) is 7.18. The van der Waals surface area contributed by atoms with Crippen LogP contribution in [0.5, 0.6) is 5.75 Å². The number of nitrogens with zero attached hydrogens (tertiary/aromatic N) is 1. The summed E-state index contributed by atoms with van der Waals surface area (Å²) in [5.41, 5.74) is 0.751. The normalized spacial score (nSPS) is 20.6. The van der Waals surface area contributed by atoms with E-state index >= 15 is 0 Å². The highest BCUT2D eigenvalue weighted by Crippen LogP contribution is 2.43. The Morgan fingerprint density at radius 1 is 1.40 bits per heavy atom. The van der Waals surface area contributed by atoms with E-state index in [1.807, 2.05) is 45.0 Å². The number of para-hydroxylation sites is 1. The predicted octanol–water partition coefficient (Wildman–Crippen LogP) is 1.82. The van der Waals surface area contributed by atoms with E-state index in [4.69, 9.17) is 4.74 Å². The van der Waals surface area contributed by atoms with Crippen LogP contribution in [0.25, 0.3) is 0 Å². The molecule has 8 heteroatoms. The number of sulfonamides is 1. The average molecular weight is 389 g/mol. The molecular formula is C17H28N2O4S2. The van der Waals surface area contributed by atoms with Gasteiger partial charge in [0.15, 0.2) is 0 Å². The molecule has 2 rings (SSSR count). The Kier molecular flexibility index (Phi) is 6.78. The summed E-state index contributed by atoms with van der Waals surface area (Å²) in [6, 6.07) is 7.43. The molecule has 0 saturated carbocycles. The molecule has 2 unspecified atom stereocenters. The van der Waals surface area contributed by atoms with Gasteiger partial charge in [-0.2, -0.15) is 4.31 Å². The van der Waals surface area contributed by atoms with Gasteiger partial charge in [0.25, 0.3) is 0 Å². The molecule has 2 atom stereocenters. The minimum atomic E-state index is -3.28. The monoisotopic (exact) mass is 388 g/mol. The van der Waals surface area contributed by atoms with Crippen LogP contribution in [0.1, 0.15) is 31.7 Å². The molecule has 0 radical (unpaired) electrons. The molecule has 1 aromatic rings. The smallest absolute Gasteiger partial charge is 0.212 e. The minimum absolute atomic E-state index is 0.0740. The summed E-state index contributed by atoms with van der Waals surface area (Å²) >= 11 is 1.58. The number of hydrogen-bond donors (Lipinski definition) is 2. The fourth-order valence-corrected chi connectivity index (χ4v) is 5.35. The van der Waals surface area contributed by atoms with E-state index in [0.717, 1.165) is 11.3 Å². The van der Waals surface area contributed by atoms with E-state index < -0.39 is 16.1 Å². The van der Waals surface area contributed by atoms with Gasteiger partial charge in [0.1, 0.15) is 18.5 Å². The van der Waals surface area contributed by atoms with Crippen LogP contribution in [0.4, 0.5) is 0 Å². The van der Waals surface area contributed by atoms with E-state index in [2.05, 4.69) is 5.32 Å². The second-order valence-electron chi connectivity index (χ2n) is 7.23. The Balaban J connectivity index is 2.06. The second kappa shape index (κ2) is 8.26. The Hall–Kier alpha value is -0.800. The Labute approximate surface area is 155 Å². The molecule has 1 aromatic carbocycles. The van der Waals surface area contributed by atoms with Gasteiger partial charge in [-0.05, 0) is 26.8 Å². The number of benzene rings is 1. The summed E-state index contributed by atoms with van der Waals surface area (Å²) in [4.78, 5) is 0. The summed E-state index contributed by atoms with van der Waals surface area (Å²) in [5, 5.41) is 13.1. The highest BCUT2D eigenvalue weighted by molar-refractivity contribution is 8.00. The quantitative estimate of drug-likeness (QED) is 0.742. The number of ether oxygens (including phenoxy) is 1. The van der Waals surface area contributed by atoms with Crippen LogP contribution in [0, 0.1) is 0 Å². The van der Waals surface area contributed by atoms with Crippen LogP contribution in [0.15, 0.2) is 24.3 Å². The highest BCUT2D eigenvalue weighted by Gasteiger charge is 2.34. The average Bonchev–Trinajstić information content (AvgIpc) is 3.00. The molecule has 1 aliphatic rings. The molecule has 0 spiro atoms. The number of nitrogens with one attached hydrogen (secondary N) is 1. The maximum absolute atomic E-state index is 12.0. The largest absolute Gasteiger partial charge is 0.490 e. The molecular weight excluding hydrogens is 360 g/mol. The van der Waals surface area contributed by atoms with E-state index in [9.17, 15) is 13.5 Å². The van der Waals surface area contributed by atoms with Crippen molar-refractivity contribution in [1.82, 2.24) is 9.62 Å². The lowest BCUT2D eigenvalue weighted by Crippen LogP contribution is -2.42. The zero-order valence-corrected chi connectivity index (χ0v) is 16.9. The van der Waals surface area contributed by atoms with Crippen LogP contribution in [0.2, 0.25) is 0 Å². The molecule has 1 heterocycles. The molecule has 0 amide bonds. The first-order valence-corrected chi connectivity index (χ1v) is 11.2. The van der Waals surface area contributed by atoms with Crippen LogP contribution in [0.3, 0.4) is 0 Å². The van der Waals surface area contributed by atoms with Crippen molar-refractivity contribution in [3.05, 3.63) is 29.8 Å². The summed E-state index contributed by atoms with van der Waals surface area (Å²) < 4.78 is 31.3. The first-order chi connectivity index (χ1) is 11.6. The van der Waals surface area contributed by atoms with Gasteiger partial charge in [0, 0.05) is 29.9 Å². The maximum atomic E-state index is 12.0. The van der Waals surface area contributed by atoms with Gasteiger partial charge in [-0.3, -0.25) is 0 Å². The van der Waals surface area contributed by atoms with Gasteiger partial charge < -0.3 is 15.2 Å². The summed E-state index contributed by atoms with van der Waals surface area (Å²) in [5.74, 6) is 1.37. The summed E-state index contributed by atoms with van der Waals surface area (Å²) in [6.07, 6.45) is 0.589. The van der Waals surface area contributed by atoms with Gasteiger partial charge in [0.05, 0.1) is 11.6 Å². The number of aliphatic hydroxyl groups excluding tert-OH is 1. The van der Waals surface area contributed by atoms with Crippen molar-refractivity contribution in [2.45, 2.75) is 37.8 Å². The first-order valence-electron chi connectivity index (χ1n) is 8.31. The lowest BCUT2D eigenvalue weighted by atomic mass is 10.1. The molecule has 142 valence electrons. The van der Waals surface area contributed by atoms with Gasteiger partial charge in [0.2, 0.25) is 10.0 Å². The van der Waals surface area contributed by atoms with Gasteiger partial charge >= 0.3 is 0 Å². The van der Waals surface area contributed by atoms with Gasteiger partial charge in [-0.15, -0.1) is 11.8 Å². The van der Waals surface area contributed by atoms with E-state index in [0.29, 0.717) is 18.8 Å². The first kappa shape index (κ1) is 20.5. The molecule has 25 heavy (non-hydrogen) atoms. The number of β-amino-alcohol motifs (C(OH)–C–C–N with tert-alkyl or cyclic N) is 1. The van der Waals surface area contributed by atoms with Crippen molar-refractivity contribution < 1.29 is 18.3 Å². The Morgan fingerprint density at radius 2 is 2.08 bits per heavy atom. The topological polar surface area (TPSA) is 78.9 Å². The third kappa shape index (κ3) is 6.14. The molecule has 0 aliphatic carbocycles. The second-order valence-corrected chi connectivity index (χ2v) is 10.4. The molecule has 2 N–H and O–H groups in total. The standard InChI is InChI=1S/C17H28N2O4S2/c1-17(2,3)18-11-13(20)12-23-15-8-6-5-7-14(15)16-19(9-10-24-16)25(4,21)22/h5-8,13,16,18,20H,9-12H2,1-4H3. The summed E-state index contributed by atoms with van der Waals surface area (Å²) in [7, 11) is -3.28. The number of thioether (sulfide) groups is 1. The van der Waals surface area contributed by atoms with Crippen LogP contribution in [-0.4, -0.2) is 61.2 Å². The third-order valence-corrected chi connectivity index (χ3v) is 6.38. The number of hydrogen-bond acceptors (Lipinski definition) is 6. The fraction of sp³-hybridized carbons (Fsp3) is 0.647. The van der Waals surface area contributed by atoms with Crippen molar-refractivity contribution in [3.8, 4) is 5.75 Å².